The minimum atomic E-state index is -0.486. The van der Waals surface area contributed by atoms with E-state index < -0.39 is 5.91 Å². The third-order valence-corrected chi connectivity index (χ3v) is 7.07. The zero-order chi connectivity index (χ0) is 27.5. The fraction of sp³-hybridized carbons (Fsp3) is 0.143. The number of para-hydroxylation sites is 1. The quantitative estimate of drug-likeness (QED) is 0.218. The van der Waals surface area contributed by atoms with Crippen LogP contribution in [0.25, 0.3) is 26.6 Å². The number of nitrogens with one attached hydrogen (secondary N) is 2. The molecule has 0 saturated heterocycles. The molecule has 1 amide bonds. The van der Waals surface area contributed by atoms with Gasteiger partial charge >= 0.3 is 0 Å². The van der Waals surface area contributed by atoms with Gasteiger partial charge in [-0.2, -0.15) is 9.78 Å². The van der Waals surface area contributed by atoms with Gasteiger partial charge in [-0.3, -0.25) is 14.7 Å². The lowest BCUT2D eigenvalue weighted by Gasteiger charge is -2.08. The van der Waals surface area contributed by atoms with E-state index in [4.69, 9.17) is 14.2 Å². The number of thiazole rings is 1. The van der Waals surface area contributed by atoms with Crippen LogP contribution in [0.2, 0.25) is 0 Å². The molecule has 39 heavy (non-hydrogen) atoms. The van der Waals surface area contributed by atoms with Crippen LogP contribution in [0.3, 0.4) is 0 Å². The number of nitrogens with zero attached hydrogens (tertiary/aromatic N) is 3. The fourth-order valence-electron chi connectivity index (χ4n) is 4.02. The number of rotatable bonds is 8. The molecule has 0 radical (unpaired) electrons. The van der Waals surface area contributed by atoms with Gasteiger partial charge < -0.3 is 14.2 Å². The number of H-pyrrole nitrogens is 1. The van der Waals surface area contributed by atoms with Gasteiger partial charge in [-0.25, -0.2) is 10.4 Å². The molecule has 2 heterocycles. The molecule has 0 bridgehead atoms. The van der Waals surface area contributed by atoms with Crippen molar-refractivity contribution in [3.05, 3.63) is 88.2 Å². The van der Waals surface area contributed by atoms with E-state index in [1.54, 1.807) is 44.4 Å². The van der Waals surface area contributed by atoms with Crippen LogP contribution < -0.4 is 25.2 Å². The Morgan fingerprint density at radius 2 is 1.62 bits per heavy atom. The molecule has 2 aromatic heterocycles. The predicted molar refractivity (Wildman–Crippen MR) is 151 cm³/mol. The molecule has 5 aromatic rings. The Bertz CT molecular complexity index is 1700. The van der Waals surface area contributed by atoms with Crippen LogP contribution in [0.1, 0.15) is 22.8 Å². The first-order valence-corrected chi connectivity index (χ1v) is 12.7. The number of benzene rings is 3. The van der Waals surface area contributed by atoms with Crippen LogP contribution in [0.5, 0.6) is 17.2 Å². The van der Waals surface area contributed by atoms with Crippen molar-refractivity contribution in [2.75, 3.05) is 21.3 Å². The Balaban J connectivity index is 1.56. The summed E-state index contributed by atoms with van der Waals surface area (Å²) in [6.07, 6.45) is 0. The topological polar surface area (TPSA) is 120 Å². The van der Waals surface area contributed by atoms with Gasteiger partial charge in [0.1, 0.15) is 17.2 Å². The van der Waals surface area contributed by atoms with Gasteiger partial charge in [-0.15, -0.1) is 0 Å². The van der Waals surface area contributed by atoms with Crippen LogP contribution in [0.4, 0.5) is 0 Å². The van der Waals surface area contributed by atoms with Gasteiger partial charge in [0.05, 0.1) is 48.5 Å². The molecule has 0 fully saturated rings. The summed E-state index contributed by atoms with van der Waals surface area (Å²) in [6, 6.07) is 19.8. The SMILES string of the molecule is COc1ccc(-c2[nH]n(-c3nc4ccccc4s3)c(=O)c2/C(C)=N/NC(=O)c2cc(OC)cc(OC)c2)cc1. The highest BCUT2D eigenvalue weighted by Gasteiger charge is 2.22. The number of amides is 1. The van der Waals surface area contributed by atoms with Gasteiger partial charge in [0, 0.05) is 17.2 Å². The van der Waals surface area contributed by atoms with Gasteiger partial charge in [-0.1, -0.05) is 23.5 Å². The van der Waals surface area contributed by atoms with E-state index in [1.165, 1.54) is 30.2 Å². The second kappa shape index (κ2) is 10.8. The highest BCUT2D eigenvalue weighted by Crippen LogP contribution is 2.27. The lowest BCUT2D eigenvalue weighted by atomic mass is 10.1. The molecule has 3 aromatic carbocycles. The molecule has 5 rings (SSSR count). The zero-order valence-corrected chi connectivity index (χ0v) is 22.5. The average Bonchev–Trinajstić information content (AvgIpc) is 3.56. The summed E-state index contributed by atoms with van der Waals surface area (Å²) < 4.78 is 18.1. The highest BCUT2D eigenvalue weighted by molar-refractivity contribution is 7.20. The van der Waals surface area contributed by atoms with E-state index in [0.29, 0.717) is 44.9 Å². The number of ether oxygens (including phenoxy) is 3. The molecular weight excluding hydrogens is 518 g/mol. The van der Waals surface area contributed by atoms with Crippen molar-refractivity contribution < 1.29 is 19.0 Å². The maximum Gasteiger partial charge on any atom is 0.283 e. The molecule has 2 N–H and O–H groups in total. The molecule has 0 saturated carbocycles. The molecule has 0 unspecified atom stereocenters. The number of aromatic amines is 1. The normalized spacial score (nSPS) is 11.4. The van der Waals surface area contributed by atoms with Crippen LogP contribution in [0.15, 0.2) is 76.6 Å². The third kappa shape index (κ3) is 5.12. The van der Waals surface area contributed by atoms with Crippen LogP contribution in [-0.2, 0) is 0 Å². The lowest BCUT2D eigenvalue weighted by molar-refractivity contribution is 0.0954. The van der Waals surface area contributed by atoms with E-state index in [1.807, 2.05) is 36.4 Å². The molecule has 0 aliphatic carbocycles. The van der Waals surface area contributed by atoms with Crippen molar-refractivity contribution in [1.29, 1.82) is 0 Å². The number of hydrogen-bond donors (Lipinski definition) is 2. The Morgan fingerprint density at radius 1 is 0.949 bits per heavy atom. The molecule has 198 valence electrons. The number of hydrazone groups is 1. The summed E-state index contributed by atoms with van der Waals surface area (Å²) in [5, 5.41) is 7.96. The molecule has 0 aliphatic heterocycles. The largest absolute Gasteiger partial charge is 0.497 e. The Labute approximate surface area is 227 Å². The summed E-state index contributed by atoms with van der Waals surface area (Å²) in [5.74, 6) is 1.12. The van der Waals surface area contributed by atoms with Crippen molar-refractivity contribution in [3.8, 4) is 33.6 Å². The first-order chi connectivity index (χ1) is 18.9. The number of hydrogen-bond acceptors (Lipinski definition) is 8. The minimum absolute atomic E-state index is 0.291. The summed E-state index contributed by atoms with van der Waals surface area (Å²) in [4.78, 5) is 31.3. The van der Waals surface area contributed by atoms with Gasteiger partial charge in [0.25, 0.3) is 11.5 Å². The van der Waals surface area contributed by atoms with Crippen molar-refractivity contribution in [1.82, 2.24) is 20.2 Å². The maximum atomic E-state index is 13.7. The summed E-state index contributed by atoms with van der Waals surface area (Å²) in [5.41, 5.74) is 5.14. The smallest absolute Gasteiger partial charge is 0.283 e. The number of methoxy groups -OCH3 is 3. The minimum Gasteiger partial charge on any atom is -0.497 e. The molecule has 0 aliphatic rings. The Kier molecular flexibility index (Phi) is 7.15. The van der Waals surface area contributed by atoms with Gasteiger partial charge in [-0.05, 0) is 55.5 Å². The van der Waals surface area contributed by atoms with E-state index in [2.05, 4.69) is 20.6 Å². The van der Waals surface area contributed by atoms with E-state index in [-0.39, 0.29) is 5.56 Å². The van der Waals surface area contributed by atoms with Crippen molar-refractivity contribution in [2.24, 2.45) is 5.10 Å². The summed E-state index contributed by atoms with van der Waals surface area (Å²) >= 11 is 1.39. The van der Waals surface area contributed by atoms with E-state index in [0.717, 1.165) is 15.8 Å². The monoisotopic (exact) mass is 543 g/mol. The molecular formula is C28H25N5O5S. The van der Waals surface area contributed by atoms with Crippen molar-refractivity contribution >= 4 is 33.2 Å². The summed E-state index contributed by atoms with van der Waals surface area (Å²) in [7, 11) is 4.59. The highest BCUT2D eigenvalue weighted by atomic mass is 32.1. The number of fused-ring (bicyclic) bond motifs is 1. The third-order valence-electron chi connectivity index (χ3n) is 6.04. The van der Waals surface area contributed by atoms with E-state index in [9.17, 15) is 9.59 Å². The van der Waals surface area contributed by atoms with Gasteiger partial charge in [0.15, 0.2) is 0 Å². The van der Waals surface area contributed by atoms with Crippen molar-refractivity contribution in [3.63, 3.8) is 0 Å². The van der Waals surface area contributed by atoms with E-state index >= 15 is 0 Å². The average molecular weight is 544 g/mol. The number of aromatic nitrogens is 3. The Hall–Kier alpha value is -4.90. The second-order valence-corrected chi connectivity index (χ2v) is 9.44. The fourth-order valence-corrected chi connectivity index (χ4v) is 4.95. The Morgan fingerprint density at radius 3 is 2.26 bits per heavy atom. The van der Waals surface area contributed by atoms with Crippen LogP contribution >= 0.6 is 11.3 Å². The predicted octanol–water partition coefficient (Wildman–Crippen LogP) is 4.62. The van der Waals surface area contributed by atoms with Gasteiger partial charge in [0.2, 0.25) is 5.13 Å². The lowest BCUT2D eigenvalue weighted by Crippen LogP contribution is -2.23. The number of carbonyl (C=O) groups is 1. The van der Waals surface area contributed by atoms with Crippen molar-refractivity contribution in [2.45, 2.75) is 6.92 Å². The zero-order valence-electron chi connectivity index (χ0n) is 21.6. The van der Waals surface area contributed by atoms with Crippen LogP contribution in [-0.4, -0.2) is 47.7 Å². The molecule has 0 atom stereocenters. The molecule has 10 nitrogen and oxygen atoms in total. The molecule has 11 heteroatoms. The maximum absolute atomic E-state index is 13.7. The first kappa shape index (κ1) is 25.7. The first-order valence-electron chi connectivity index (χ1n) is 11.8. The van der Waals surface area contributed by atoms with Crippen LogP contribution in [0, 0.1) is 0 Å². The molecule has 0 spiro atoms. The standard InChI is InChI=1S/C28H25N5O5S/c1-16(30-31-26(34)18-13-20(37-3)15-21(14-18)38-4)24-25(17-9-11-19(36-2)12-10-17)32-33(27(24)35)28-29-22-7-5-6-8-23(22)39-28/h5-15,32H,1-4H3,(H,31,34)/b30-16+. The number of carbonyl (C=O) groups excluding carboxylic acids is 1. The summed E-state index contributed by atoms with van der Waals surface area (Å²) in [6.45, 7) is 1.66. The second-order valence-electron chi connectivity index (χ2n) is 8.43.